The van der Waals surface area contributed by atoms with Gasteiger partial charge in [0.05, 0.1) is 11.7 Å². The second-order valence-corrected chi connectivity index (χ2v) is 3.49. The van der Waals surface area contributed by atoms with Crippen LogP contribution in [0.1, 0.15) is 19.4 Å². The molecular weight excluding hydrogens is 221 g/mol. The van der Waals surface area contributed by atoms with E-state index in [0.29, 0.717) is 0 Å². The van der Waals surface area contributed by atoms with Crippen LogP contribution in [0.5, 0.6) is 5.88 Å². The summed E-state index contributed by atoms with van der Waals surface area (Å²) in [4.78, 5) is 3.87. The summed E-state index contributed by atoms with van der Waals surface area (Å²) >= 11 is 0. The fourth-order valence-corrected chi connectivity index (χ4v) is 1.10. The molecule has 16 heavy (non-hydrogen) atoms. The molecule has 0 aliphatic rings. The zero-order chi connectivity index (χ0) is 12.3. The summed E-state index contributed by atoms with van der Waals surface area (Å²) in [6.45, 7) is 3.45. The maximum Gasteiger partial charge on any atom is 0.416 e. The van der Waals surface area contributed by atoms with Crippen molar-refractivity contribution in [3.05, 3.63) is 17.7 Å². The van der Waals surface area contributed by atoms with Crippen LogP contribution < -0.4 is 10.1 Å². The van der Waals surface area contributed by atoms with Crippen molar-refractivity contribution in [3.63, 3.8) is 0 Å². The van der Waals surface area contributed by atoms with E-state index in [0.717, 1.165) is 12.1 Å². The normalized spacial score (nSPS) is 11.7. The standard InChI is InChI=1S/C10H13F3N2O/c1-6(2)16-9-5-7(10(11,12)13)4-8(14-3)15-9/h4-6H,1-3H3,(H,14,15). The Morgan fingerprint density at radius 3 is 2.38 bits per heavy atom. The van der Waals surface area contributed by atoms with Gasteiger partial charge in [-0.1, -0.05) is 0 Å². The third-order valence-corrected chi connectivity index (χ3v) is 1.74. The number of pyridine rings is 1. The molecule has 0 bridgehead atoms. The third kappa shape index (κ3) is 3.29. The van der Waals surface area contributed by atoms with Crippen molar-refractivity contribution >= 4 is 5.82 Å². The predicted molar refractivity (Wildman–Crippen MR) is 54.5 cm³/mol. The van der Waals surface area contributed by atoms with Gasteiger partial charge in [-0.3, -0.25) is 0 Å². The van der Waals surface area contributed by atoms with E-state index in [1.807, 2.05) is 0 Å². The maximum absolute atomic E-state index is 12.5. The van der Waals surface area contributed by atoms with Crippen molar-refractivity contribution in [2.75, 3.05) is 12.4 Å². The van der Waals surface area contributed by atoms with E-state index in [2.05, 4.69) is 10.3 Å². The minimum atomic E-state index is -4.40. The smallest absolute Gasteiger partial charge is 0.416 e. The largest absolute Gasteiger partial charge is 0.475 e. The van der Waals surface area contributed by atoms with Gasteiger partial charge in [0, 0.05) is 13.1 Å². The molecule has 6 heteroatoms. The van der Waals surface area contributed by atoms with Gasteiger partial charge in [0.2, 0.25) is 5.88 Å². The van der Waals surface area contributed by atoms with E-state index in [1.165, 1.54) is 7.05 Å². The Bertz CT molecular complexity index is 364. The molecule has 0 unspecified atom stereocenters. The Morgan fingerprint density at radius 2 is 1.94 bits per heavy atom. The van der Waals surface area contributed by atoms with Gasteiger partial charge in [-0.05, 0) is 19.9 Å². The molecule has 0 saturated carbocycles. The summed E-state index contributed by atoms with van der Waals surface area (Å²) in [5.74, 6) is 0.0969. The van der Waals surface area contributed by atoms with Crippen molar-refractivity contribution in [1.29, 1.82) is 0 Å². The number of nitrogens with zero attached hydrogens (tertiary/aromatic N) is 1. The van der Waals surface area contributed by atoms with Crippen LogP contribution in [-0.2, 0) is 6.18 Å². The first-order chi connectivity index (χ1) is 7.32. The van der Waals surface area contributed by atoms with E-state index in [4.69, 9.17) is 4.74 Å². The van der Waals surface area contributed by atoms with E-state index in [-0.39, 0.29) is 17.8 Å². The third-order valence-electron chi connectivity index (χ3n) is 1.74. The topological polar surface area (TPSA) is 34.1 Å². The first-order valence-corrected chi connectivity index (χ1v) is 4.76. The average Bonchev–Trinajstić information content (AvgIpc) is 2.14. The Labute approximate surface area is 91.6 Å². The van der Waals surface area contributed by atoms with Gasteiger partial charge in [0.1, 0.15) is 5.82 Å². The number of hydrogen-bond acceptors (Lipinski definition) is 3. The van der Waals surface area contributed by atoms with Crippen molar-refractivity contribution in [2.45, 2.75) is 26.1 Å². The van der Waals surface area contributed by atoms with Crippen LogP contribution in [0.3, 0.4) is 0 Å². The SMILES string of the molecule is CNc1cc(C(F)(F)F)cc(OC(C)C)n1. The minimum absolute atomic E-state index is 0.0332. The van der Waals surface area contributed by atoms with Crippen molar-refractivity contribution in [2.24, 2.45) is 0 Å². The molecule has 0 aromatic carbocycles. The summed E-state index contributed by atoms with van der Waals surface area (Å²) in [6, 6.07) is 1.83. The van der Waals surface area contributed by atoms with Crippen LogP contribution in [-0.4, -0.2) is 18.1 Å². The van der Waals surface area contributed by atoms with Crippen LogP contribution in [0.4, 0.5) is 19.0 Å². The fraction of sp³-hybridized carbons (Fsp3) is 0.500. The molecule has 0 aliphatic heterocycles. The van der Waals surface area contributed by atoms with Crippen molar-refractivity contribution in [1.82, 2.24) is 4.98 Å². The van der Waals surface area contributed by atoms with Gasteiger partial charge < -0.3 is 10.1 Å². The molecule has 1 N–H and O–H groups in total. The van der Waals surface area contributed by atoms with E-state index in [1.54, 1.807) is 13.8 Å². The summed E-state index contributed by atoms with van der Waals surface area (Å²) in [7, 11) is 1.50. The van der Waals surface area contributed by atoms with Gasteiger partial charge in [0.25, 0.3) is 0 Å². The number of nitrogens with one attached hydrogen (secondary N) is 1. The molecule has 1 aromatic rings. The van der Waals surface area contributed by atoms with Crippen LogP contribution in [0.2, 0.25) is 0 Å². The molecule has 0 fully saturated rings. The lowest BCUT2D eigenvalue weighted by Crippen LogP contribution is -2.11. The van der Waals surface area contributed by atoms with Gasteiger partial charge in [0.15, 0.2) is 0 Å². The number of halogens is 3. The van der Waals surface area contributed by atoms with Gasteiger partial charge in [-0.15, -0.1) is 0 Å². The average molecular weight is 234 g/mol. The second-order valence-electron chi connectivity index (χ2n) is 3.49. The van der Waals surface area contributed by atoms with E-state index < -0.39 is 11.7 Å². The second kappa shape index (κ2) is 4.59. The first-order valence-electron chi connectivity index (χ1n) is 4.76. The predicted octanol–water partition coefficient (Wildman–Crippen LogP) is 2.93. The van der Waals surface area contributed by atoms with Gasteiger partial charge in [-0.2, -0.15) is 18.2 Å². The highest BCUT2D eigenvalue weighted by atomic mass is 19.4. The Balaban J connectivity index is 3.11. The molecule has 1 heterocycles. The summed E-state index contributed by atoms with van der Waals surface area (Å²) in [6.07, 6.45) is -4.62. The van der Waals surface area contributed by atoms with E-state index >= 15 is 0 Å². The monoisotopic (exact) mass is 234 g/mol. The minimum Gasteiger partial charge on any atom is -0.475 e. The van der Waals surface area contributed by atoms with Crippen LogP contribution in [0.15, 0.2) is 12.1 Å². The fourth-order valence-electron chi connectivity index (χ4n) is 1.10. The van der Waals surface area contributed by atoms with Gasteiger partial charge in [-0.25, -0.2) is 0 Å². The lowest BCUT2D eigenvalue weighted by molar-refractivity contribution is -0.137. The number of aromatic nitrogens is 1. The van der Waals surface area contributed by atoms with Crippen LogP contribution >= 0.6 is 0 Å². The quantitative estimate of drug-likeness (QED) is 0.873. The highest BCUT2D eigenvalue weighted by Gasteiger charge is 2.31. The van der Waals surface area contributed by atoms with Crippen LogP contribution in [0, 0.1) is 0 Å². The molecule has 3 nitrogen and oxygen atoms in total. The first kappa shape index (κ1) is 12.6. The lowest BCUT2D eigenvalue weighted by Gasteiger charge is -2.13. The summed E-state index contributed by atoms with van der Waals surface area (Å²) in [5, 5.41) is 2.56. The zero-order valence-corrected chi connectivity index (χ0v) is 9.22. The molecule has 0 radical (unpaired) electrons. The summed E-state index contributed by atoms with van der Waals surface area (Å²) < 4.78 is 42.7. The molecule has 0 saturated heterocycles. The molecule has 0 atom stereocenters. The zero-order valence-electron chi connectivity index (χ0n) is 9.22. The maximum atomic E-state index is 12.5. The Kier molecular flexibility index (Phi) is 3.62. The Morgan fingerprint density at radius 1 is 1.31 bits per heavy atom. The number of ether oxygens (including phenoxy) is 1. The molecule has 1 rings (SSSR count). The lowest BCUT2D eigenvalue weighted by atomic mass is 10.2. The van der Waals surface area contributed by atoms with Crippen molar-refractivity contribution < 1.29 is 17.9 Å². The highest BCUT2D eigenvalue weighted by Crippen LogP contribution is 2.32. The molecule has 0 spiro atoms. The molecule has 1 aromatic heterocycles. The number of alkyl halides is 3. The number of rotatable bonds is 3. The number of hydrogen-bond donors (Lipinski definition) is 1. The summed E-state index contributed by atoms with van der Waals surface area (Å²) in [5.41, 5.74) is -0.775. The van der Waals surface area contributed by atoms with E-state index in [9.17, 15) is 13.2 Å². The van der Waals surface area contributed by atoms with Crippen LogP contribution in [0.25, 0.3) is 0 Å². The number of anilines is 1. The molecule has 0 aliphatic carbocycles. The molecule has 90 valence electrons. The molecular formula is C10H13F3N2O. The van der Waals surface area contributed by atoms with Crippen molar-refractivity contribution in [3.8, 4) is 5.88 Å². The highest BCUT2D eigenvalue weighted by molar-refractivity contribution is 5.42. The molecule has 0 amide bonds. The van der Waals surface area contributed by atoms with Gasteiger partial charge >= 0.3 is 6.18 Å². The Hall–Kier alpha value is -1.46.